The van der Waals surface area contributed by atoms with Gasteiger partial charge in [0.1, 0.15) is 0 Å². The first kappa shape index (κ1) is 26.7. The Kier molecular flexibility index (Phi) is 6.63. The molecule has 2 heteroatoms. The first-order valence-corrected chi connectivity index (χ1v) is 13.7. The summed E-state index contributed by atoms with van der Waals surface area (Å²) < 4.78 is 6.10. The third-order valence-corrected chi connectivity index (χ3v) is 7.70. The van der Waals surface area contributed by atoms with Crippen molar-refractivity contribution in [3.63, 3.8) is 0 Å². The number of esters is 1. The van der Waals surface area contributed by atoms with Gasteiger partial charge >= 0.3 is 5.97 Å². The topological polar surface area (TPSA) is 26.3 Å². The fraction of sp³-hybridized carbons (Fsp3) is 0.270. The fourth-order valence-corrected chi connectivity index (χ4v) is 5.24. The van der Waals surface area contributed by atoms with Crippen LogP contribution in [0.1, 0.15) is 76.8 Å². The lowest BCUT2D eigenvalue weighted by Crippen LogP contribution is -2.11. The molecular formula is C37H38O2. The second kappa shape index (κ2) is 9.68. The molecule has 0 saturated carbocycles. The Morgan fingerprint density at radius 1 is 0.615 bits per heavy atom. The van der Waals surface area contributed by atoms with Gasteiger partial charge in [0.2, 0.25) is 0 Å². The third-order valence-electron chi connectivity index (χ3n) is 7.70. The SMILES string of the molecule is C=C(C)C(=O)OC1c2cc(-c3ccc(C(C)(C)C)cc3)ccc2-c2ccc(-c3ccc(C(C)(C)C)cc3)cc21. The van der Waals surface area contributed by atoms with Gasteiger partial charge in [-0.2, -0.15) is 0 Å². The molecule has 0 aromatic heterocycles. The molecule has 0 amide bonds. The van der Waals surface area contributed by atoms with Crippen molar-refractivity contribution < 1.29 is 9.53 Å². The number of carbonyl (C=O) groups excluding carboxylic acids is 1. The number of ether oxygens (including phenoxy) is 1. The lowest BCUT2D eigenvalue weighted by atomic mass is 9.86. The molecule has 2 nitrogen and oxygen atoms in total. The predicted octanol–water partition coefficient (Wildman–Crippen LogP) is 9.80. The highest BCUT2D eigenvalue weighted by Crippen LogP contribution is 2.48. The van der Waals surface area contributed by atoms with E-state index in [4.69, 9.17) is 4.74 Å². The van der Waals surface area contributed by atoms with E-state index in [1.807, 2.05) is 0 Å². The number of benzene rings is 4. The van der Waals surface area contributed by atoms with E-state index in [0.29, 0.717) is 5.57 Å². The molecule has 4 aromatic rings. The molecule has 39 heavy (non-hydrogen) atoms. The van der Waals surface area contributed by atoms with Crippen molar-refractivity contribution in [3.8, 4) is 33.4 Å². The lowest BCUT2D eigenvalue weighted by Gasteiger charge is -2.20. The Balaban J connectivity index is 1.56. The van der Waals surface area contributed by atoms with E-state index in [1.165, 1.54) is 11.1 Å². The Bertz CT molecular complexity index is 1450. The van der Waals surface area contributed by atoms with Gasteiger partial charge in [-0.3, -0.25) is 0 Å². The summed E-state index contributed by atoms with van der Waals surface area (Å²) in [5, 5.41) is 0. The van der Waals surface area contributed by atoms with Crippen molar-refractivity contribution in [2.24, 2.45) is 0 Å². The van der Waals surface area contributed by atoms with Gasteiger partial charge in [0.05, 0.1) is 0 Å². The average molecular weight is 515 g/mol. The second-order valence-corrected chi connectivity index (χ2v) is 12.8. The zero-order chi connectivity index (χ0) is 28.1. The normalized spacial score (nSPS) is 13.1. The van der Waals surface area contributed by atoms with E-state index in [-0.39, 0.29) is 16.8 Å². The summed E-state index contributed by atoms with van der Waals surface area (Å²) in [4.78, 5) is 12.8. The van der Waals surface area contributed by atoms with E-state index in [9.17, 15) is 4.79 Å². The molecule has 0 unspecified atom stereocenters. The number of rotatable bonds is 4. The van der Waals surface area contributed by atoms with Crippen molar-refractivity contribution in [2.75, 3.05) is 0 Å². The summed E-state index contributed by atoms with van der Waals surface area (Å²) in [7, 11) is 0. The van der Waals surface area contributed by atoms with Crippen LogP contribution in [0.15, 0.2) is 97.1 Å². The quantitative estimate of drug-likeness (QED) is 0.200. The average Bonchev–Trinajstić information content (AvgIpc) is 3.19. The Morgan fingerprint density at radius 2 is 0.974 bits per heavy atom. The highest BCUT2D eigenvalue weighted by Gasteiger charge is 2.32. The van der Waals surface area contributed by atoms with Crippen LogP contribution in [0.2, 0.25) is 0 Å². The van der Waals surface area contributed by atoms with Crippen LogP contribution in [0, 0.1) is 0 Å². The molecule has 0 bridgehead atoms. The minimum Gasteiger partial charge on any atom is -0.449 e. The van der Waals surface area contributed by atoms with Crippen molar-refractivity contribution in [1.82, 2.24) is 0 Å². The summed E-state index contributed by atoms with van der Waals surface area (Å²) in [6.07, 6.45) is -0.484. The standard InChI is InChI=1S/C37H38O2/c1-23(2)35(38)39-34-32-21-26(24-9-15-28(16-10-24)36(3,4)5)13-19-30(32)31-20-14-27(22-33(31)34)25-11-17-29(18-12-25)37(6,7)8/h9-22,34H,1H2,2-8H3. The maximum atomic E-state index is 12.8. The smallest absolute Gasteiger partial charge is 0.334 e. The number of carbonyl (C=O) groups is 1. The van der Waals surface area contributed by atoms with Crippen LogP contribution in [-0.4, -0.2) is 5.97 Å². The van der Waals surface area contributed by atoms with Gasteiger partial charge in [0.25, 0.3) is 0 Å². The Morgan fingerprint density at radius 3 is 1.31 bits per heavy atom. The molecule has 1 aliphatic carbocycles. The summed E-state index contributed by atoms with van der Waals surface area (Å²) >= 11 is 0. The van der Waals surface area contributed by atoms with E-state index in [2.05, 4.69) is 133 Å². The van der Waals surface area contributed by atoms with Crippen molar-refractivity contribution in [3.05, 3.63) is 119 Å². The molecule has 5 rings (SSSR count). The molecule has 0 radical (unpaired) electrons. The Hall–Kier alpha value is -3.91. The highest BCUT2D eigenvalue weighted by atomic mass is 16.5. The van der Waals surface area contributed by atoms with Crippen LogP contribution in [0.5, 0.6) is 0 Å². The van der Waals surface area contributed by atoms with E-state index >= 15 is 0 Å². The minimum absolute atomic E-state index is 0.102. The molecule has 0 heterocycles. The fourth-order valence-electron chi connectivity index (χ4n) is 5.24. The monoisotopic (exact) mass is 514 g/mol. The van der Waals surface area contributed by atoms with Crippen LogP contribution in [0.4, 0.5) is 0 Å². The minimum atomic E-state index is -0.484. The molecule has 0 atom stereocenters. The molecule has 0 fully saturated rings. The molecule has 1 aliphatic rings. The predicted molar refractivity (Wildman–Crippen MR) is 163 cm³/mol. The molecule has 0 saturated heterocycles. The van der Waals surface area contributed by atoms with Gasteiger partial charge in [-0.15, -0.1) is 0 Å². The van der Waals surface area contributed by atoms with Gasteiger partial charge in [0.15, 0.2) is 6.10 Å². The maximum Gasteiger partial charge on any atom is 0.334 e. The summed E-state index contributed by atoms with van der Waals surface area (Å²) in [6.45, 7) is 18.9. The van der Waals surface area contributed by atoms with Crippen LogP contribution in [0.25, 0.3) is 33.4 Å². The molecule has 4 aromatic carbocycles. The van der Waals surface area contributed by atoms with Gasteiger partial charge < -0.3 is 4.74 Å². The molecule has 198 valence electrons. The molecule has 0 aliphatic heterocycles. The number of fused-ring (bicyclic) bond motifs is 3. The van der Waals surface area contributed by atoms with Crippen LogP contribution in [0.3, 0.4) is 0 Å². The van der Waals surface area contributed by atoms with Crippen molar-refractivity contribution in [2.45, 2.75) is 65.4 Å². The van der Waals surface area contributed by atoms with E-state index < -0.39 is 6.10 Å². The highest BCUT2D eigenvalue weighted by molar-refractivity contribution is 5.89. The maximum absolute atomic E-state index is 12.8. The second-order valence-electron chi connectivity index (χ2n) is 12.8. The van der Waals surface area contributed by atoms with Gasteiger partial charge in [-0.25, -0.2) is 4.79 Å². The van der Waals surface area contributed by atoms with Gasteiger partial charge in [0, 0.05) is 16.7 Å². The van der Waals surface area contributed by atoms with Gasteiger partial charge in [-0.05, 0) is 74.4 Å². The van der Waals surface area contributed by atoms with Crippen LogP contribution < -0.4 is 0 Å². The first-order valence-electron chi connectivity index (χ1n) is 13.7. The molecule has 0 N–H and O–H groups in total. The number of hydrogen-bond donors (Lipinski definition) is 0. The van der Waals surface area contributed by atoms with Crippen LogP contribution >= 0.6 is 0 Å². The molecular weight excluding hydrogens is 476 g/mol. The zero-order valence-corrected chi connectivity index (χ0v) is 24.2. The van der Waals surface area contributed by atoms with Crippen molar-refractivity contribution >= 4 is 5.97 Å². The van der Waals surface area contributed by atoms with E-state index in [1.54, 1.807) is 6.92 Å². The lowest BCUT2D eigenvalue weighted by molar-refractivity contribution is -0.142. The first-order chi connectivity index (χ1) is 18.3. The third kappa shape index (κ3) is 5.21. The Labute approximate surface area is 233 Å². The summed E-state index contributed by atoms with van der Waals surface area (Å²) in [5.74, 6) is -0.376. The molecule has 0 spiro atoms. The van der Waals surface area contributed by atoms with Crippen LogP contribution in [-0.2, 0) is 20.4 Å². The summed E-state index contributed by atoms with van der Waals surface area (Å²) in [6, 6.07) is 30.5. The van der Waals surface area contributed by atoms with Gasteiger partial charge in [-0.1, -0.05) is 121 Å². The van der Waals surface area contributed by atoms with Crippen molar-refractivity contribution in [1.29, 1.82) is 0 Å². The summed E-state index contributed by atoms with van der Waals surface area (Å²) in [5.41, 5.74) is 11.9. The number of hydrogen-bond acceptors (Lipinski definition) is 2. The zero-order valence-electron chi connectivity index (χ0n) is 24.2. The van der Waals surface area contributed by atoms with E-state index in [0.717, 1.165) is 44.5 Å². The largest absolute Gasteiger partial charge is 0.449 e.